The van der Waals surface area contributed by atoms with Gasteiger partial charge in [0, 0.05) is 31.8 Å². The molecule has 18 heavy (non-hydrogen) atoms. The number of aryl methyl sites for hydroxylation is 1. The molecular formula is C10H12N4O3S. The molecule has 0 spiro atoms. The van der Waals surface area contributed by atoms with Gasteiger partial charge >= 0.3 is 5.97 Å². The number of carbonyl (C=O) groups is 1. The van der Waals surface area contributed by atoms with Crippen LogP contribution in [0.1, 0.15) is 27.2 Å². The van der Waals surface area contributed by atoms with Gasteiger partial charge in [0.1, 0.15) is 0 Å². The summed E-state index contributed by atoms with van der Waals surface area (Å²) in [6.45, 7) is 2.95. The van der Waals surface area contributed by atoms with Gasteiger partial charge in [-0.3, -0.25) is 0 Å². The Morgan fingerprint density at radius 2 is 2.39 bits per heavy atom. The lowest BCUT2D eigenvalue weighted by molar-refractivity contribution is 0.0696. The number of thiazole rings is 1. The highest BCUT2D eigenvalue weighted by Crippen LogP contribution is 2.09. The second-order valence-electron chi connectivity index (χ2n) is 3.61. The predicted molar refractivity (Wildman–Crippen MR) is 63.5 cm³/mol. The summed E-state index contributed by atoms with van der Waals surface area (Å²) in [4.78, 5) is 18.7. The number of hydrogen-bond donors (Lipinski definition) is 2. The first-order chi connectivity index (χ1) is 8.65. The molecule has 0 radical (unpaired) electrons. The molecule has 0 unspecified atom stereocenters. The molecule has 0 aliphatic heterocycles. The van der Waals surface area contributed by atoms with Crippen LogP contribution >= 0.6 is 11.3 Å². The lowest BCUT2D eigenvalue weighted by atomic mass is 10.4. The van der Waals surface area contributed by atoms with Gasteiger partial charge in [0.05, 0.1) is 5.69 Å². The molecule has 2 N–H and O–H groups in total. The molecule has 0 aliphatic rings. The molecule has 2 aromatic heterocycles. The van der Waals surface area contributed by atoms with Crippen LogP contribution in [0.25, 0.3) is 0 Å². The lowest BCUT2D eigenvalue weighted by Crippen LogP contribution is -2.17. The van der Waals surface area contributed by atoms with Crippen LogP contribution in [0.4, 0.5) is 0 Å². The zero-order valence-electron chi connectivity index (χ0n) is 9.71. The molecule has 0 aliphatic carbocycles. The van der Waals surface area contributed by atoms with Gasteiger partial charge in [-0.15, -0.1) is 11.3 Å². The van der Waals surface area contributed by atoms with Gasteiger partial charge in [-0.2, -0.15) is 4.98 Å². The van der Waals surface area contributed by atoms with Crippen LogP contribution < -0.4 is 5.32 Å². The number of nitrogens with one attached hydrogen (secondary N) is 1. The maximum Gasteiger partial charge on any atom is 0.365 e. The molecule has 96 valence electrons. The van der Waals surface area contributed by atoms with Crippen molar-refractivity contribution in [2.45, 2.75) is 19.9 Å². The van der Waals surface area contributed by atoms with Crippen LogP contribution in [-0.2, 0) is 13.0 Å². The number of aromatic carboxylic acids is 1. The van der Waals surface area contributed by atoms with E-state index in [2.05, 4.69) is 20.4 Å². The van der Waals surface area contributed by atoms with E-state index < -0.39 is 5.97 Å². The SMILES string of the molecule is Cc1nc(CCNCc2csc(C(=O)O)n2)no1. The van der Waals surface area contributed by atoms with Gasteiger partial charge in [0.25, 0.3) is 0 Å². The fourth-order valence-corrected chi connectivity index (χ4v) is 2.00. The monoisotopic (exact) mass is 268 g/mol. The summed E-state index contributed by atoms with van der Waals surface area (Å²) in [6, 6.07) is 0. The Kier molecular flexibility index (Phi) is 4.00. The first kappa shape index (κ1) is 12.7. The van der Waals surface area contributed by atoms with E-state index in [1.807, 2.05) is 0 Å². The number of nitrogens with zero attached hydrogens (tertiary/aromatic N) is 3. The van der Waals surface area contributed by atoms with Crippen molar-refractivity contribution in [1.29, 1.82) is 0 Å². The topological polar surface area (TPSA) is 101 Å². The third-order valence-electron chi connectivity index (χ3n) is 2.14. The van der Waals surface area contributed by atoms with Crippen LogP contribution in [0, 0.1) is 6.92 Å². The third kappa shape index (κ3) is 3.34. The van der Waals surface area contributed by atoms with Gasteiger partial charge < -0.3 is 14.9 Å². The van der Waals surface area contributed by atoms with Crippen molar-refractivity contribution >= 4 is 17.3 Å². The van der Waals surface area contributed by atoms with Crippen LogP contribution in [0.3, 0.4) is 0 Å². The Bertz CT molecular complexity index is 537. The van der Waals surface area contributed by atoms with Gasteiger partial charge in [0.2, 0.25) is 10.9 Å². The van der Waals surface area contributed by atoms with E-state index in [1.165, 1.54) is 0 Å². The second-order valence-corrected chi connectivity index (χ2v) is 4.46. The Morgan fingerprint density at radius 1 is 1.56 bits per heavy atom. The molecule has 7 nitrogen and oxygen atoms in total. The largest absolute Gasteiger partial charge is 0.476 e. The van der Waals surface area contributed by atoms with Crippen molar-refractivity contribution in [2.75, 3.05) is 6.54 Å². The van der Waals surface area contributed by atoms with Crippen LogP contribution in [0.5, 0.6) is 0 Å². The third-order valence-corrected chi connectivity index (χ3v) is 3.01. The summed E-state index contributed by atoms with van der Waals surface area (Å²) in [5.41, 5.74) is 0.724. The number of carboxylic acid groups (broad SMARTS) is 1. The smallest absolute Gasteiger partial charge is 0.365 e. The van der Waals surface area contributed by atoms with Crippen LogP contribution in [0.2, 0.25) is 0 Å². The van der Waals surface area contributed by atoms with Gasteiger partial charge in [-0.25, -0.2) is 9.78 Å². The minimum absolute atomic E-state index is 0.112. The zero-order chi connectivity index (χ0) is 13.0. The molecule has 0 saturated carbocycles. The Morgan fingerprint density at radius 3 is 3.00 bits per heavy atom. The molecule has 0 bridgehead atoms. The molecule has 2 aromatic rings. The standard InChI is InChI=1S/C10H12N4O3S/c1-6-12-8(14-17-6)2-3-11-4-7-5-18-9(13-7)10(15)16/h5,11H,2-4H2,1H3,(H,15,16). The minimum Gasteiger partial charge on any atom is -0.476 e. The summed E-state index contributed by atoms with van der Waals surface area (Å²) in [6.07, 6.45) is 0.660. The number of hydrogen-bond acceptors (Lipinski definition) is 7. The van der Waals surface area contributed by atoms with Crippen molar-refractivity contribution in [1.82, 2.24) is 20.4 Å². The lowest BCUT2D eigenvalue weighted by Gasteiger charge is -1.99. The van der Waals surface area contributed by atoms with Crippen molar-refractivity contribution in [3.8, 4) is 0 Å². The second kappa shape index (κ2) is 5.69. The fraction of sp³-hybridized carbons (Fsp3) is 0.400. The van der Waals surface area contributed by atoms with Crippen molar-refractivity contribution in [3.63, 3.8) is 0 Å². The Balaban J connectivity index is 1.73. The van der Waals surface area contributed by atoms with E-state index in [-0.39, 0.29) is 5.01 Å². The summed E-state index contributed by atoms with van der Waals surface area (Å²) < 4.78 is 4.84. The highest BCUT2D eigenvalue weighted by Gasteiger charge is 2.08. The van der Waals surface area contributed by atoms with Gasteiger partial charge in [-0.05, 0) is 0 Å². The van der Waals surface area contributed by atoms with E-state index in [4.69, 9.17) is 9.63 Å². The maximum atomic E-state index is 10.6. The molecule has 0 fully saturated rings. The minimum atomic E-state index is -0.992. The molecule has 0 atom stereocenters. The van der Waals surface area contributed by atoms with E-state index in [9.17, 15) is 4.79 Å². The highest BCUT2D eigenvalue weighted by molar-refractivity contribution is 7.11. The van der Waals surface area contributed by atoms with Crippen LogP contribution in [-0.4, -0.2) is 32.7 Å². The molecule has 2 heterocycles. The number of carboxylic acids is 1. The summed E-state index contributed by atoms with van der Waals surface area (Å²) in [5, 5.41) is 17.5. The fourth-order valence-electron chi connectivity index (χ4n) is 1.35. The first-order valence-corrected chi connectivity index (χ1v) is 6.20. The first-order valence-electron chi connectivity index (χ1n) is 5.33. The van der Waals surface area contributed by atoms with Crippen molar-refractivity contribution in [3.05, 3.63) is 27.8 Å². The predicted octanol–water partition coefficient (Wildman–Crippen LogP) is 0.865. The van der Waals surface area contributed by atoms with Gasteiger partial charge in [-0.1, -0.05) is 5.16 Å². The maximum absolute atomic E-state index is 10.6. The summed E-state index contributed by atoms with van der Waals surface area (Å²) in [7, 11) is 0. The Labute approximate surface area is 107 Å². The van der Waals surface area contributed by atoms with E-state index >= 15 is 0 Å². The van der Waals surface area contributed by atoms with Crippen molar-refractivity contribution < 1.29 is 14.4 Å². The highest BCUT2D eigenvalue weighted by atomic mass is 32.1. The molecule has 2 rings (SSSR count). The van der Waals surface area contributed by atoms with Gasteiger partial charge in [0.15, 0.2) is 5.82 Å². The normalized spacial score (nSPS) is 10.7. The number of aromatic nitrogens is 3. The van der Waals surface area contributed by atoms with Crippen molar-refractivity contribution in [2.24, 2.45) is 0 Å². The summed E-state index contributed by atoms with van der Waals surface area (Å²) >= 11 is 1.13. The van der Waals surface area contributed by atoms with E-state index in [0.717, 1.165) is 17.0 Å². The molecule has 0 aromatic carbocycles. The molecular weight excluding hydrogens is 256 g/mol. The van der Waals surface area contributed by atoms with E-state index in [1.54, 1.807) is 12.3 Å². The Hall–Kier alpha value is -1.80. The zero-order valence-corrected chi connectivity index (χ0v) is 10.5. The molecule has 8 heteroatoms. The average Bonchev–Trinajstić information content (AvgIpc) is 2.93. The van der Waals surface area contributed by atoms with E-state index in [0.29, 0.717) is 31.2 Å². The quantitative estimate of drug-likeness (QED) is 0.749. The number of rotatable bonds is 6. The summed E-state index contributed by atoms with van der Waals surface area (Å²) in [5.74, 6) is 0.216. The molecule has 0 amide bonds. The molecule has 0 saturated heterocycles. The van der Waals surface area contributed by atoms with Crippen LogP contribution in [0.15, 0.2) is 9.90 Å². The average molecular weight is 268 g/mol.